The van der Waals surface area contributed by atoms with E-state index in [1.165, 1.54) is 31.4 Å². The van der Waals surface area contributed by atoms with E-state index < -0.39 is 4.92 Å². The molecule has 1 aromatic carbocycles. The van der Waals surface area contributed by atoms with Crippen molar-refractivity contribution in [3.8, 4) is 0 Å². The van der Waals surface area contributed by atoms with Crippen molar-refractivity contribution in [3.63, 3.8) is 0 Å². The summed E-state index contributed by atoms with van der Waals surface area (Å²) in [6.45, 7) is 7.36. The van der Waals surface area contributed by atoms with Gasteiger partial charge in [0.05, 0.1) is 10.6 Å². The SMILES string of the molecule is CCCCCC(C)(C)CNc1cc(NN)cc([N+](=O)[O-])c1. The maximum Gasteiger partial charge on any atom is 0.273 e. The molecule has 0 unspecified atom stereocenters. The lowest BCUT2D eigenvalue weighted by atomic mass is 9.87. The molecule has 0 fully saturated rings. The molecule has 1 aromatic rings. The van der Waals surface area contributed by atoms with Crippen LogP contribution in [0.2, 0.25) is 0 Å². The Bertz CT molecular complexity index is 475. The molecule has 21 heavy (non-hydrogen) atoms. The Labute approximate surface area is 126 Å². The Kier molecular flexibility index (Phi) is 6.42. The van der Waals surface area contributed by atoms with Crippen molar-refractivity contribution < 1.29 is 4.92 Å². The van der Waals surface area contributed by atoms with Crippen LogP contribution in [0.4, 0.5) is 17.1 Å². The minimum atomic E-state index is -0.418. The third kappa shape index (κ3) is 5.99. The molecule has 0 radical (unpaired) electrons. The second-order valence-electron chi connectivity index (χ2n) is 6.14. The third-order valence-corrected chi connectivity index (χ3v) is 3.52. The summed E-state index contributed by atoms with van der Waals surface area (Å²) in [5.74, 6) is 5.35. The maximum atomic E-state index is 10.9. The predicted octanol–water partition coefficient (Wildman–Crippen LogP) is 3.90. The number of hydrogen-bond donors (Lipinski definition) is 3. The van der Waals surface area contributed by atoms with E-state index in [0.29, 0.717) is 11.4 Å². The van der Waals surface area contributed by atoms with E-state index in [-0.39, 0.29) is 11.1 Å². The predicted molar refractivity (Wildman–Crippen MR) is 87.3 cm³/mol. The van der Waals surface area contributed by atoms with Gasteiger partial charge in [-0.3, -0.25) is 16.0 Å². The van der Waals surface area contributed by atoms with E-state index in [4.69, 9.17) is 5.84 Å². The van der Waals surface area contributed by atoms with E-state index >= 15 is 0 Å². The number of benzene rings is 1. The fourth-order valence-electron chi connectivity index (χ4n) is 2.19. The lowest BCUT2D eigenvalue weighted by molar-refractivity contribution is -0.384. The molecule has 0 aliphatic rings. The number of nitro groups is 1. The van der Waals surface area contributed by atoms with Crippen molar-refractivity contribution in [1.82, 2.24) is 0 Å². The number of nitrogens with one attached hydrogen (secondary N) is 2. The number of hydrogen-bond acceptors (Lipinski definition) is 5. The molecule has 0 aliphatic heterocycles. The van der Waals surface area contributed by atoms with Crippen LogP contribution in [0, 0.1) is 15.5 Å². The highest BCUT2D eigenvalue weighted by Crippen LogP contribution is 2.27. The number of rotatable bonds is 9. The van der Waals surface area contributed by atoms with Crippen molar-refractivity contribution in [2.24, 2.45) is 11.3 Å². The molecule has 1 rings (SSSR count). The second kappa shape index (κ2) is 7.83. The van der Waals surface area contributed by atoms with Crippen molar-refractivity contribution in [1.29, 1.82) is 0 Å². The van der Waals surface area contributed by atoms with Crippen molar-refractivity contribution in [2.45, 2.75) is 46.5 Å². The molecule has 0 aliphatic carbocycles. The first-order valence-corrected chi connectivity index (χ1v) is 7.38. The average Bonchev–Trinajstić information content (AvgIpc) is 2.45. The number of non-ortho nitro benzene ring substituents is 1. The van der Waals surface area contributed by atoms with Crippen LogP contribution in [-0.2, 0) is 0 Å². The summed E-state index contributed by atoms with van der Waals surface area (Å²) in [5.41, 5.74) is 3.86. The van der Waals surface area contributed by atoms with E-state index in [2.05, 4.69) is 31.5 Å². The van der Waals surface area contributed by atoms with Gasteiger partial charge in [-0.1, -0.05) is 40.0 Å². The van der Waals surface area contributed by atoms with Crippen LogP contribution in [0.15, 0.2) is 18.2 Å². The zero-order valence-corrected chi connectivity index (χ0v) is 13.1. The van der Waals surface area contributed by atoms with Crippen LogP contribution in [0.5, 0.6) is 0 Å². The number of nitrogens with two attached hydrogens (primary N) is 1. The van der Waals surface area contributed by atoms with Gasteiger partial charge in [0.2, 0.25) is 0 Å². The van der Waals surface area contributed by atoms with Gasteiger partial charge in [0.1, 0.15) is 0 Å². The van der Waals surface area contributed by atoms with E-state index in [1.807, 2.05) is 0 Å². The summed E-state index contributed by atoms with van der Waals surface area (Å²) < 4.78 is 0. The standard InChI is InChI=1S/C15H26N4O2/c1-4-5-6-7-15(2,3)11-17-12-8-13(18-16)10-14(9-12)19(20)21/h8-10,17-18H,4-7,11,16H2,1-3H3. The van der Waals surface area contributed by atoms with Crippen LogP contribution in [0.1, 0.15) is 46.5 Å². The molecule has 4 N–H and O–H groups in total. The van der Waals surface area contributed by atoms with Gasteiger partial charge in [0, 0.05) is 24.4 Å². The normalized spacial score (nSPS) is 11.2. The summed E-state index contributed by atoms with van der Waals surface area (Å²) in [7, 11) is 0. The number of nitro benzene ring substituents is 1. The number of hydrazine groups is 1. The van der Waals surface area contributed by atoms with Gasteiger partial charge in [-0.2, -0.15) is 0 Å². The van der Waals surface area contributed by atoms with E-state index in [0.717, 1.165) is 13.0 Å². The van der Waals surface area contributed by atoms with Crippen molar-refractivity contribution in [2.75, 3.05) is 17.3 Å². The van der Waals surface area contributed by atoms with Crippen molar-refractivity contribution >= 4 is 17.1 Å². The maximum absolute atomic E-state index is 10.9. The Morgan fingerprint density at radius 1 is 1.24 bits per heavy atom. The zero-order valence-electron chi connectivity index (χ0n) is 13.1. The minimum absolute atomic E-state index is 0.0248. The zero-order chi connectivity index (χ0) is 15.9. The first kappa shape index (κ1) is 17.2. The first-order valence-electron chi connectivity index (χ1n) is 7.38. The molecule has 0 heterocycles. The lowest BCUT2D eigenvalue weighted by Crippen LogP contribution is -2.23. The quantitative estimate of drug-likeness (QED) is 0.278. The molecular weight excluding hydrogens is 268 g/mol. The monoisotopic (exact) mass is 294 g/mol. The molecule has 0 saturated carbocycles. The summed E-state index contributed by atoms with van der Waals surface area (Å²) >= 11 is 0. The Morgan fingerprint density at radius 3 is 2.48 bits per heavy atom. The third-order valence-electron chi connectivity index (χ3n) is 3.52. The molecule has 0 bridgehead atoms. The van der Waals surface area contributed by atoms with Gasteiger partial charge in [-0.15, -0.1) is 0 Å². The Hall–Kier alpha value is -1.82. The highest BCUT2D eigenvalue weighted by molar-refractivity contribution is 5.63. The molecule has 0 amide bonds. The van der Waals surface area contributed by atoms with Crippen LogP contribution < -0.4 is 16.6 Å². The molecule has 0 saturated heterocycles. The van der Waals surface area contributed by atoms with Crippen LogP contribution in [0.25, 0.3) is 0 Å². The van der Waals surface area contributed by atoms with Crippen LogP contribution in [0.3, 0.4) is 0 Å². The van der Waals surface area contributed by atoms with Crippen LogP contribution >= 0.6 is 0 Å². The largest absolute Gasteiger partial charge is 0.384 e. The lowest BCUT2D eigenvalue weighted by Gasteiger charge is -2.25. The van der Waals surface area contributed by atoms with Crippen molar-refractivity contribution in [3.05, 3.63) is 28.3 Å². The highest BCUT2D eigenvalue weighted by atomic mass is 16.6. The van der Waals surface area contributed by atoms with Gasteiger partial charge in [0.25, 0.3) is 5.69 Å². The van der Waals surface area contributed by atoms with Gasteiger partial charge in [-0.25, -0.2) is 0 Å². The number of anilines is 2. The Morgan fingerprint density at radius 2 is 1.90 bits per heavy atom. The smallest absolute Gasteiger partial charge is 0.273 e. The van der Waals surface area contributed by atoms with Crippen LogP contribution in [-0.4, -0.2) is 11.5 Å². The summed E-state index contributed by atoms with van der Waals surface area (Å²) in [6.07, 6.45) is 4.78. The molecule has 118 valence electrons. The number of unbranched alkanes of at least 4 members (excludes halogenated alkanes) is 2. The van der Waals surface area contributed by atoms with Gasteiger partial charge in [0.15, 0.2) is 0 Å². The summed E-state index contributed by atoms with van der Waals surface area (Å²) in [6, 6.07) is 4.72. The van der Waals surface area contributed by atoms with Gasteiger partial charge in [-0.05, 0) is 17.9 Å². The fourth-order valence-corrected chi connectivity index (χ4v) is 2.19. The second-order valence-corrected chi connectivity index (χ2v) is 6.14. The minimum Gasteiger partial charge on any atom is -0.384 e. The number of nitrogens with zero attached hydrogens (tertiary/aromatic N) is 1. The van der Waals surface area contributed by atoms with Gasteiger partial charge < -0.3 is 10.7 Å². The first-order chi connectivity index (χ1) is 9.88. The topological polar surface area (TPSA) is 93.2 Å². The van der Waals surface area contributed by atoms with Gasteiger partial charge >= 0.3 is 0 Å². The highest BCUT2D eigenvalue weighted by Gasteiger charge is 2.18. The van der Waals surface area contributed by atoms with E-state index in [9.17, 15) is 10.1 Å². The summed E-state index contributed by atoms with van der Waals surface area (Å²) in [5, 5.41) is 14.2. The molecular formula is C15H26N4O2. The molecule has 0 atom stereocenters. The van der Waals surface area contributed by atoms with E-state index in [1.54, 1.807) is 6.07 Å². The number of nitrogen functional groups attached to an aromatic ring is 1. The Balaban J connectivity index is 2.69. The fraction of sp³-hybridized carbons (Fsp3) is 0.600. The molecule has 6 nitrogen and oxygen atoms in total. The molecule has 0 spiro atoms. The molecule has 6 heteroatoms. The summed E-state index contributed by atoms with van der Waals surface area (Å²) in [4.78, 5) is 10.5. The average molecular weight is 294 g/mol. The molecule has 0 aromatic heterocycles.